The van der Waals surface area contributed by atoms with Gasteiger partial charge in [-0.05, 0) is 87.7 Å². The van der Waals surface area contributed by atoms with Crippen LogP contribution < -0.4 is 5.32 Å². The fourth-order valence-electron chi connectivity index (χ4n) is 7.38. The van der Waals surface area contributed by atoms with Gasteiger partial charge in [-0.3, -0.25) is 13.6 Å². The second-order valence-electron chi connectivity index (χ2n) is 17.0. The second kappa shape index (κ2) is 23.5. The van der Waals surface area contributed by atoms with Crippen molar-refractivity contribution >= 4 is 46.4 Å². The lowest BCUT2D eigenvalue weighted by Crippen LogP contribution is -2.41. The summed E-state index contributed by atoms with van der Waals surface area (Å²) in [4.78, 5) is 33.2. The molecule has 8 rings (SSSR count). The summed E-state index contributed by atoms with van der Waals surface area (Å²) in [6.07, 6.45) is 5.07. The van der Waals surface area contributed by atoms with Crippen LogP contribution in [-0.4, -0.2) is 92.3 Å². The first-order chi connectivity index (χ1) is 31.7. The zero-order valence-corrected chi connectivity index (χ0v) is 38.7. The van der Waals surface area contributed by atoms with E-state index >= 15 is 0 Å². The van der Waals surface area contributed by atoms with Crippen molar-refractivity contribution in [2.45, 2.75) is 98.2 Å². The molecule has 0 spiro atoms. The zero-order valence-electron chi connectivity index (χ0n) is 37.2. The smallest absolute Gasteiger partial charge is 0.420 e. The van der Waals surface area contributed by atoms with Crippen molar-refractivity contribution in [3.63, 3.8) is 0 Å². The lowest BCUT2D eigenvalue weighted by molar-refractivity contribution is -0.137. The van der Waals surface area contributed by atoms with Gasteiger partial charge in [-0.25, -0.2) is 14.8 Å². The first-order valence-corrected chi connectivity index (χ1v) is 22.6. The van der Waals surface area contributed by atoms with Gasteiger partial charge < -0.3 is 33.6 Å². The topological polar surface area (TPSA) is 149 Å². The monoisotopic (exact) mass is 1000 g/mol. The van der Waals surface area contributed by atoms with E-state index in [1.807, 2.05) is 0 Å². The normalized spacial score (nSPS) is 15.1. The number of furan rings is 2. The quantitative estimate of drug-likeness (QED) is 0.113. The molecule has 0 saturated carbocycles. The van der Waals surface area contributed by atoms with E-state index in [0.717, 1.165) is 53.0 Å². The maximum Gasteiger partial charge on any atom is 0.420 e. The van der Waals surface area contributed by atoms with Crippen molar-refractivity contribution < 1.29 is 59.3 Å². The number of alkyl halides is 6. The highest BCUT2D eigenvalue weighted by molar-refractivity contribution is 6.33. The van der Waals surface area contributed by atoms with Gasteiger partial charge in [0.2, 0.25) is 0 Å². The molecule has 2 N–H and O–H groups in total. The molecule has 0 bridgehead atoms. The third-order valence-electron chi connectivity index (χ3n) is 11.2. The van der Waals surface area contributed by atoms with E-state index in [-0.39, 0.29) is 35.5 Å². The molecule has 2 fully saturated rings. The number of pyridine rings is 2. The Bertz CT molecular complexity index is 2560. The van der Waals surface area contributed by atoms with Crippen LogP contribution in [0.3, 0.4) is 0 Å². The number of nitrogens with zero attached hydrogens (tertiary/aromatic N) is 5. The van der Waals surface area contributed by atoms with Gasteiger partial charge in [-0.2, -0.15) is 26.3 Å². The highest BCUT2D eigenvalue weighted by Gasteiger charge is 2.38. The fraction of sp³-hybridized carbons (Fsp3) is 0.489. The van der Waals surface area contributed by atoms with Crippen LogP contribution in [0.4, 0.5) is 26.3 Å². The Kier molecular flexibility index (Phi) is 18.6. The number of carboxylic acids is 1. The van der Waals surface area contributed by atoms with Crippen LogP contribution in [0.15, 0.2) is 70.5 Å². The molecule has 2 aliphatic rings. The van der Waals surface area contributed by atoms with Crippen LogP contribution in [-0.2, 0) is 21.8 Å². The van der Waals surface area contributed by atoms with E-state index in [9.17, 15) is 35.9 Å². The minimum Gasteiger partial charge on any atom is -0.476 e. The first kappa shape index (κ1) is 53.9. The number of carbonyl (C=O) groups is 2. The van der Waals surface area contributed by atoms with Gasteiger partial charge in [0.1, 0.15) is 10.3 Å². The van der Waals surface area contributed by atoms with Gasteiger partial charge in [0.05, 0.1) is 48.4 Å². The average molecular weight is 1000 g/mol. The van der Waals surface area contributed by atoms with Crippen LogP contribution in [0.1, 0.15) is 106 Å². The van der Waals surface area contributed by atoms with Crippen LogP contribution >= 0.6 is 23.2 Å². The van der Waals surface area contributed by atoms with E-state index in [0.29, 0.717) is 55.7 Å². The molecule has 21 heteroatoms. The zero-order chi connectivity index (χ0) is 48.6. The molecule has 13 nitrogen and oxygen atoms in total. The summed E-state index contributed by atoms with van der Waals surface area (Å²) in [5.74, 6) is -0.666. The molecule has 6 aromatic rings. The van der Waals surface area contributed by atoms with Gasteiger partial charge in [-0.1, -0.05) is 58.3 Å². The van der Waals surface area contributed by atoms with Crippen molar-refractivity contribution in [2.24, 2.45) is 11.8 Å². The van der Waals surface area contributed by atoms with Crippen LogP contribution in [0, 0.1) is 11.8 Å². The Balaban J connectivity index is 0.000000212. The van der Waals surface area contributed by atoms with E-state index in [4.69, 9.17) is 46.6 Å². The minimum atomic E-state index is -4.72. The Labute approximate surface area is 399 Å². The van der Waals surface area contributed by atoms with Crippen molar-refractivity contribution in [3.8, 4) is 22.3 Å². The number of rotatable bonds is 12. The number of halogens is 8. The number of carbonyl (C=O) groups excluding carboxylic acids is 1. The van der Waals surface area contributed by atoms with Gasteiger partial charge in [0, 0.05) is 61.0 Å². The Morgan fingerprint density at radius 3 is 1.56 bits per heavy atom. The molecule has 0 aromatic carbocycles. The van der Waals surface area contributed by atoms with Gasteiger partial charge in [-0.15, -0.1) is 0 Å². The highest BCUT2D eigenvalue weighted by atomic mass is 35.5. The van der Waals surface area contributed by atoms with Crippen molar-refractivity contribution in [1.82, 2.24) is 29.0 Å². The predicted molar refractivity (Wildman–Crippen MR) is 245 cm³/mol. The number of hydrogen-bond donors (Lipinski definition) is 2. The fourth-order valence-corrected chi connectivity index (χ4v) is 7.88. The van der Waals surface area contributed by atoms with Gasteiger partial charge in [0.15, 0.2) is 22.7 Å². The van der Waals surface area contributed by atoms with E-state index < -0.39 is 57.5 Å². The Hall–Kier alpha value is -5.08. The van der Waals surface area contributed by atoms with E-state index in [2.05, 4.69) is 43.0 Å². The third-order valence-corrected chi connectivity index (χ3v) is 11.9. The summed E-state index contributed by atoms with van der Waals surface area (Å²) < 4.78 is 105. The Morgan fingerprint density at radius 2 is 1.16 bits per heavy atom. The summed E-state index contributed by atoms with van der Waals surface area (Å²) in [5.41, 5.74) is -2.58. The number of imidazole rings is 2. The number of fused-ring (bicyclic) bond motifs is 2. The summed E-state index contributed by atoms with van der Waals surface area (Å²) in [5, 5.41) is 11.7. The summed E-state index contributed by atoms with van der Waals surface area (Å²) in [6, 6.07) is 4.88. The summed E-state index contributed by atoms with van der Waals surface area (Å²) in [7, 11) is 0. The van der Waals surface area contributed by atoms with Gasteiger partial charge >= 0.3 is 18.3 Å². The molecule has 0 radical (unpaired) electrons. The third kappa shape index (κ3) is 13.6. The average Bonchev–Trinajstić information content (AvgIpc) is 4.12. The summed E-state index contributed by atoms with van der Waals surface area (Å²) in [6.45, 7) is 13.5. The number of carboxylic acid groups (broad SMARTS) is 1. The van der Waals surface area contributed by atoms with Crippen molar-refractivity contribution in [3.05, 3.63) is 94.5 Å². The lowest BCUT2D eigenvalue weighted by Gasteiger charge is -2.31. The van der Waals surface area contributed by atoms with Crippen LogP contribution in [0.2, 0.25) is 10.3 Å². The molecule has 2 aliphatic heterocycles. The number of aromatic carboxylic acids is 1. The number of ether oxygens (including phenoxy) is 2. The number of amides is 1. The molecule has 0 atom stereocenters. The predicted octanol–water partition coefficient (Wildman–Crippen LogP) is 12.3. The molecule has 8 heterocycles. The molecular formula is C47H56Cl2F6N6O7. The van der Waals surface area contributed by atoms with Crippen LogP contribution in [0.5, 0.6) is 0 Å². The molecule has 68 heavy (non-hydrogen) atoms. The number of hydrogen-bond acceptors (Lipinski definition) is 9. The largest absolute Gasteiger partial charge is 0.476 e. The number of aromatic nitrogens is 4. The molecule has 372 valence electrons. The van der Waals surface area contributed by atoms with Crippen molar-refractivity contribution in [2.75, 3.05) is 39.4 Å². The van der Waals surface area contributed by atoms with Crippen molar-refractivity contribution in [1.29, 1.82) is 0 Å². The molecule has 0 unspecified atom stereocenters. The van der Waals surface area contributed by atoms with E-state index in [1.54, 1.807) is 11.0 Å². The Morgan fingerprint density at radius 1 is 0.735 bits per heavy atom. The van der Waals surface area contributed by atoms with Crippen LogP contribution in [0.25, 0.3) is 33.5 Å². The van der Waals surface area contributed by atoms with E-state index in [1.165, 1.54) is 62.8 Å². The maximum absolute atomic E-state index is 13.8. The molecular weight excluding hydrogens is 945 g/mol. The lowest BCUT2D eigenvalue weighted by atomic mass is 10.1. The SMILES string of the molecule is C.CC(C)CCOC1CCN(C(=O)c2nc3c(C(F)(F)F)cc(-c4ccoc4)cn3c2Cl)CC1.CC(C)CCOC1CCNCC1.O=C(O)c1nc2c(C(F)(F)F)cc(-c3ccoc3)cn2c1Cl. The first-order valence-electron chi connectivity index (χ1n) is 21.8. The molecule has 6 aromatic heterocycles. The second-order valence-corrected chi connectivity index (χ2v) is 17.8. The minimum absolute atomic E-state index is 0. The maximum atomic E-state index is 13.8. The number of likely N-dealkylation sites (tertiary alicyclic amines) is 1. The molecule has 2 saturated heterocycles. The number of nitrogens with one attached hydrogen (secondary N) is 1. The number of piperidine rings is 2. The highest BCUT2D eigenvalue weighted by Crippen LogP contribution is 2.39. The molecule has 0 aliphatic carbocycles. The summed E-state index contributed by atoms with van der Waals surface area (Å²) >= 11 is 12.2. The standard InChI is InChI=1S/C23H25ClF3N3O3.C13H6ClF3N2O3.C10H21NO.CH4/c1-14(2)5-10-33-17-3-7-29(8-4-17)22(31)19-20(24)30-12-16(15-6-9-32-13-15)11-18(21(30)28-19)23(25,26)27;14-10-9(12(20)21)18-11-8(13(15,16)17)3-7(4-19(10)11)6-1-2-22-5-6;1-9(2)5-8-12-10-3-6-11-7-4-10;/h6,9,11-14,17H,3-5,7-8,10H2,1-2H3;1-5H,(H,20,21);9-11H,3-8H2,1-2H3;1H4. The molecule has 1 amide bonds. The van der Waals surface area contributed by atoms with Gasteiger partial charge in [0.25, 0.3) is 5.91 Å².